The number of ketones is 1. The van der Waals surface area contributed by atoms with Gasteiger partial charge in [-0.1, -0.05) is 60.7 Å². The first-order valence-corrected chi connectivity index (χ1v) is 9.53. The fraction of sp³-hybridized carbons (Fsp3) is 0.0400. The van der Waals surface area contributed by atoms with Crippen LogP contribution in [-0.4, -0.2) is 17.6 Å². The number of aromatic amines is 1. The third kappa shape index (κ3) is 3.16. The Morgan fingerprint density at radius 1 is 0.900 bits per heavy atom. The number of pyridine rings is 1. The van der Waals surface area contributed by atoms with Crippen molar-refractivity contribution in [1.82, 2.24) is 4.98 Å². The fourth-order valence-electron chi connectivity index (χ4n) is 3.65. The molecule has 0 saturated heterocycles. The highest BCUT2D eigenvalue weighted by atomic mass is 16.7. The molecule has 5 heteroatoms. The average Bonchev–Trinajstić information content (AvgIpc) is 3.25. The van der Waals surface area contributed by atoms with E-state index < -0.39 is 5.56 Å². The minimum atomic E-state index is -0.409. The van der Waals surface area contributed by atoms with Crippen molar-refractivity contribution in [2.75, 3.05) is 6.79 Å². The highest BCUT2D eigenvalue weighted by Gasteiger charge is 2.19. The molecule has 3 aromatic carbocycles. The second-order valence-corrected chi connectivity index (χ2v) is 6.93. The van der Waals surface area contributed by atoms with Crippen LogP contribution in [0.1, 0.15) is 15.9 Å². The van der Waals surface area contributed by atoms with E-state index in [4.69, 9.17) is 9.47 Å². The summed E-state index contributed by atoms with van der Waals surface area (Å²) in [4.78, 5) is 28.9. The number of carbonyl (C=O) groups is 1. The third-order valence-corrected chi connectivity index (χ3v) is 5.05. The Kier molecular flexibility index (Phi) is 4.41. The number of hydrogen-bond donors (Lipinski definition) is 1. The van der Waals surface area contributed by atoms with Gasteiger partial charge in [-0.2, -0.15) is 0 Å². The lowest BCUT2D eigenvalue weighted by Gasteiger charge is -2.11. The molecule has 146 valence electrons. The number of aromatic nitrogens is 1. The molecule has 1 aliphatic heterocycles. The summed E-state index contributed by atoms with van der Waals surface area (Å²) >= 11 is 0. The van der Waals surface area contributed by atoms with Gasteiger partial charge in [0.25, 0.3) is 5.56 Å². The minimum Gasteiger partial charge on any atom is -0.454 e. The Morgan fingerprint density at radius 3 is 2.53 bits per heavy atom. The van der Waals surface area contributed by atoms with Crippen molar-refractivity contribution in [3.8, 4) is 22.6 Å². The molecule has 0 radical (unpaired) electrons. The molecule has 0 fully saturated rings. The van der Waals surface area contributed by atoms with E-state index in [1.165, 1.54) is 6.08 Å². The van der Waals surface area contributed by atoms with Crippen molar-refractivity contribution >= 4 is 22.8 Å². The number of allylic oxidation sites excluding steroid dienone is 1. The average molecular weight is 395 g/mol. The van der Waals surface area contributed by atoms with Crippen molar-refractivity contribution < 1.29 is 14.3 Å². The molecule has 0 aliphatic carbocycles. The lowest BCUT2D eigenvalue weighted by molar-refractivity contribution is 0.104. The quantitative estimate of drug-likeness (QED) is 0.397. The van der Waals surface area contributed by atoms with Crippen molar-refractivity contribution in [3.05, 3.63) is 100 Å². The van der Waals surface area contributed by atoms with Gasteiger partial charge in [-0.05, 0) is 35.4 Å². The zero-order chi connectivity index (χ0) is 20.5. The molecular formula is C25H17NO4. The molecule has 0 spiro atoms. The van der Waals surface area contributed by atoms with E-state index >= 15 is 0 Å². The summed E-state index contributed by atoms with van der Waals surface area (Å²) in [6.45, 7) is 0.189. The summed E-state index contributed by atoms with van der Waals surface area (Å²) in [7, 11) is 0. The predicted molar refractivity (Wildman–Crippen MR) is 116 cm³/mol. The van der Waals surface area contributed by atoms with Crippen LogP contribution in [0.5, 0.6) is 11.5 Å². The molecular weight excluding hydrogens is 378 g/mol. The Morgan fingerprint density at radius 2 is 1.67 bits per heavy atom. The first-order valence-electron chi connectivity index (χ1n) is 9.53. The second-order valence-electron chi connectivity index (χ2n) is 6.93. The summed E-state index contributed by atoms with van der Waals surface area (Å²) in [6.07, 6.45) is 3.09. The lowest BCUT2D eigenvalue weighted by atomic mass is 9.94. The lowest BCUT2D eigenvalue weighted by Crippen LogP contribution is -2.18. The van der Waals surface area contributed by atoms with Crippen molar-refractivity contribution in [1.29, 1.82) is 0 Å². The Hall–Kier alpha value is -4.12. The smallest absolute Gasteiger partial charge is 0.260 e. The van der Waals surface area contributed by atoms with Crippen LogP contribution in [0.4, 0.5) is 0 Å². The fourth-order valence-corrected chi connectivity index (χ4v) is 3.65. The second kappa shape index (κ2) is 7.37. The first kappa shape index (κ1) is 17.9. The van der Waals surface area contributed by atoms with Gasteiger partial charge in [0.1, 0.15) is 0 Å². The van der Waals surface area contributed by atoms with Gasteiger partial charge in [0, 0.05) is 16.5 Å². The number of benzene rings is 3. The maximum Gasteiger partial charge on any atom is 0.260 e. The largest absolute Gasteiger partial charge is 0.454 e. The number of fused-ring (bicyclic) bond motifs is 2. The van der Waals surface area contributed by atoms with Gasteiger partial charge in [0.15, 0.2) is 17.3 Å². The Bertz CT molecular complexity index is 1350. The third-order valence-electron chi connectivity index (χ3n) is 5.05. The molecule has 0 saturated carbocycles. The molecule has 5 nitrogen and oxygen atoms in total. The summed E-state index contributed by atoms with van der Waals surface area (Å²) in [5, 5.41) is 0.822. The number of ether oxygens (including phenoxy) is 2. The van der Waals surface area contributed by atoms with E-state index in [0.29, 0.717) is 22.6 Å². The zero-order valence-electron chi connectivity index (χ0n) is 15.9. The Balaban J connectivity index is 1.62. The molecule has 0 unspecified atom stereocenters. The maximum absolute atomic E-state index is 13.1. The van der Waals surface area contributed by atoms with Crippen LogP contribution in [0, 0.1) is 0 Å². The maximum atomic E-state index is 13.1. The van der Waals surface area contributed by atoms with Gasteiger partial charge < -0.3 is 14.5 Å². The summed E-state index contributed by atoms with van der Waals surface area (Å²) in [6, 6.07) is 22.4. The number of carbonyl (C=O) groups excluding carboxylic acids is 1. The van der Waals surface area contributed by atoms with Gasteiger partial charge in [-0.3, -0.25) is 9.59 Å². The van der Waals surface area contributed by atoms with E-state index in [-0.39, 0.29) is 18.1 Å². The van der Waals surface area contributed by atoms with Crippen molar-refractivity contribution in [2.24, 2.45) is 0 Å². The SMILES string of the molecule is O=C(/C=C/c1ccc2c(c1)OCO2)c1c(-c2ccccc2)c2ccccc2[nH]c1=O. The number of H-pyrrole nitrogens is 1. The van der Waals surface area contributed by atoms with Crippen LogP contribution in [0.15, 0.2) is 83.7 Å². The normalized spacial score (nSPS) is 12.5. The summed E-state index contributed by atoms with van der Waals surface area (Å²) < 4.78 is 10.7. The minimum absolute atomic E-state index is 0.122. The summed E-state index contributed by atoms with van der Waals surface area (Å²) in [5.41, 5.74) is 2.64. The molecule has 4 aromatic rings. The molecule has 0 amide bonds. The predicted octanol–water partition coefficient (Wildman–Crippen LogP) is 4.82. The Labute approximate surface area is 172 Å². The van der Waals surface area contributed by atoms with E-state index in [1.54, 1.807) is 18.2 Å². The van der Waals surface area contributed by atoms with Gasteiger partial charge in [0.05, 0.1) is 5.56 Å². The van der Waals surface area contributed by atoms with Gasteiger partial charge >= 0.3 is 0 Å². The summed E-state index contributed by atoms with van der Waals surface area (Å²) in [5.74, 6) is 0.951. The molecule has 1 aromatic heterocycles. The van der Waals surface area contributed by atoms with Crippen LogP contribution in [0.2, 0.25) is 0 Å². The van der Waals surface area contributed by atoms with Crippen molar-refractivity contribution in [3.63, 3.8) is 0 Å². The van der Waals surface area contributed by atoms with Crippen molar-refractivity contribution in [2.45, 2.75) is 0 Å². The van der Waals surface area contributed by atoms with E-state index in [1.807, 2.05) is 60.7 Å². The highest BCUT2D eigenvalue weighted by molar-refractivity contribution is 6.15. The molecule has 1 aliphatic rings. The van der Waals surface area contributed by atoms with E-state index in [0.717, 1.165) is 16.5 Å². The van der Waals surface area contributed by atoms with Crippen LogP contribution >= 0.6 is 0 Å². The van der Waals surface area contributed by atoms with Gasteiger partial charge in [-0.25, -0.2) is 0 Å². The van der Waals surface area contributed by atoms with Gasteiger partial charge in [0.2, 0.25) is 6.79 Å². The van der Waals surface area contributed by atoms with E-state index in [9.17, 15) is 9.59 Å². The number of hydrogen-bond acceptors (Lipinski definition) is 4. The standard InChI is InChI=1S/C25H17NO4/c27-20(12-10-16-11-13-21-22(14-16)30-15-29-21)24-23(17-6-2-1-3-7-17)18-8-4-5-9-19(18)26-25(24)28/h1-14H,15H2,(H,26,28)/b12-10+. The molecule has 2 heterocycles. The molecule has 0 bridgehead atoms. The first-order chi connectivity index (χ1) is 14.7. The van der Waals surface area contributed by atoms with E-state index in [2.05, 4.69) is 4.98 Å². The van der Waals surface area contributed by atoms with Crippen LogP contribution in [0.3, 0.4) is 0 Å². The highest BCUT2D eigenvalue weighted by Crippen LogP contribution is 2.33. The zero-order valence-corrected chi connectivity index (χ0v) is 15.9. The topological polar surface area (TPSA) is 68.4 Å². The van der Waals surface area contributed by atoms with Crippen LogP contribution < -0.4 is 15.0 Å². The number of rotatable bonds is 4. The van der Waals surface area contributed by atoms with Gasteiger partial charge in [-0.15, -0.1) is 0 Å². The number of nitrogens with one attached hydrogen (secondary N) is 1. The monoisotopic (exact) mass is 395 g/mol. The molecule has 0 atom stereocenters. The van der Waals surface area contributed by atoms with Crippen LogP contribution in [0.25, 0.3) is 28.1 Å². The van der Waals surface area contributed by atoms with Crippen LogP contribution in [-0.2, 0) is 0 Å². The number of para-hydroxylation sites is 1. The molecule has 30 heavy (non-hydrogen) atoms. The molecule has 5 rings (SSSR count). The molecule has 1 N–H and O–H groups in total.